The second-order valence-corrected chi connectivity index (χ2v) is 5.68. The molecule has 108 valence electrons. The summed E-state index contributed by atoms with van der Waals surface area (Å²) in [7, 11) is 1.96. The van der Waals surface area contributed by atoms with E-state index >= 15 is 0 Å². The monoisotopic (exact) mass is 291 g/mol. The lowest BCUT2D eigenvalue weighted by Crippen LogP contribution is -2.10. The van der Waals surface area contributed by atoms with E-state index in [1.165, 1.54) is 12.0 Å². The highest BCUT2D eigenvalue weighted by molar-refractivity contribution is 7.98. The molecule has 5 heteroatoms. The molecule has 20 heavy (non-hydrogen) atoms. The minimum atomic E-state index is 0.629. The number of nitrogens with one attached hydrogen (secondary N) is 1. The first-order valence-electron chi connectivity index (χ1n) is 6.98. The quantitative estimate of drug-likeness (QED) is 0.757. The van der Waals surface area contributed by atoms with Crippen molar-refractivity contribution in [3.63, 3.8) is 0 Å². The van der Waals surface area contributed by atoms with Crippen LogP contribution in [0, 0.1) is 0 Å². The van der Waals surface area contributed by atoms with Crippen molar-refractivity contribution in [3.8, 4) is 11.5 Å². The molecule has 1 N–H and O–H groups in total. The topological polar surface area (TPSA) is 51.0 Å². The molecule has 0 saturated heterocycles. The first-order chi connectivity index (χ1) is 9.85. The van der Waals surface area contributed by atoms with Crippen molar-refractivity contribution < 1.29 is 4.52 Å². The molecule has 0 aliphatic rings. The third-order valence-corrected chi connectivity index (χ3v) is 4.10. The second-order valence-electron chi connectivity index (χ2n) is 4.58. The van der Waals surface area contributed by atoms with Crippen LogP contribution in [0.2, 0.25) is 0 Å². The Balaban J connectivity index is 2.11. The van der Waals surface area contributed by atoms with Gasteiger partial charge in [0.05, 0.1) is 5.75 Å². The van der Waals surface area contributed by atoms with Crippen LogP contribution in [0.25, 0.3) is 11.5 Å². The van der Waals surface area contributed by atoms with E-state index in [1.807, 2.05) is 37.0 Å². The Morgan fingerprint density at radius 2 is 2.15 bits per heavy atom. The van der Waals surface area contributed by atoms with Gasteiger partial charge in [-0.05, 0) is 43.8 Å². The van der Waals surface area contributed by atoms with Gasteiger partial charge in [0.25, 0.3) is 5.89 Å². The highest BCUT2D eigenvalue weighted by Gasteiger charge is 2.12. The summed E-state index contributed by atoms with van der Waals surface area (Å²) in [4.78, 5) is 4.50. The van der Waals surface area contributed by atoms with Crippen molar-refractivity contribution in [2.24, 2.45) is 0 Å². The maximum Gasteiger partial charge on any atom is 0.258 e. The van der Waals surface area contributed by atoms with E-state index in [1.54, 1.807) is 0 Å². The van der Waals surface area contributed by atoms with Crippen LogP contribution in [-0.2, 0) is 12.2 Å². The minimum absolute atomic E-state index is 0.629. The molecular weight excluding hydrogens is 270 g/mol. The molecule has 0 unspecified atom stereocenters. The van der Waals surface area contributed by atoms with Crippen LogP contribution in [0.3, 0.4) is 0 Å². The minimum Gasteiger partial charge on any atom is -0.334 e. The molecule has 4 nitrogen and oxygen atoms in total. The van der Waals surface area contributed by atoms with Gasteiger partial charge in [-0.15, -0.1) is 0 Å². The lowest BCUT2D eigenvalue weighted by atomic mass is 10.0. The molecule has 1 heterocycles. The second kappa shape index (κ2) is 8.07. The number of nitrogens with zero attached hydrogens (tertiary/aromatic N) is 2. The van der Waals surface area contributed by atoms with E-state index < -0.39 is 0 Å². The fraction of sp³-hybridized carbons (Fsp3) is 0.467. The third kappa shape index (κ3) is 4.08. The predicted octanol–water partition coefficient (Wildman–Crippen LogP) is 3.14. The van der Waals surface area contributed by atoms with Crippen molar-refractivity contribution in [3.05, 3.63) is 35.7 Å². The normalized spacial score (nSPS) is 10.9. The Hall–Kier alpha value is -1.33. The van der Waals surface area contributed by atoms with Gasteiger partial charge in [-0.3, -0.25) is 0 Å². The molecular formula is C15H21N3OS. The number of thioether (sulfide) groups is 1. The molecule has 0 radical (unpaired) electrons. The standard InChI is InChI=1S/C15H21N3OS/c1-3-10-20-11-14-17-15(19-18-14)13-7-5-4-6-12(13)8-9-16-2/h4-7,16H,3,8-11H2,1-2H3. The summed E-state index contributed by atoms with van der Waals surface area (Å²) in [5.41, 5.74) is 2.28. The van der Waals surface area contributed by atoms with Crippen LogP contribution in [0.15, 0.2) is 28.8 Å². The number of rotatable bonds is 8. The van der Waals surface area contributed by atoms with Crippen molar-refractivity contribution >= 4 is 11.8 Å². The summed E-state index contributed by atoms with van der Waals surface area (Å²) in [6.07, 6.45) is 2.12. The largest absolute Gasteiger partial charge is 0.334 e. The first-order valence-corrected chi connectivity index (χ1v) is 8.13. The predicted molar refractivity (Wildman–Crippen MR) is 83.8 cm³/mol. The van der Waals surface area contributed by atoms with Crippen molar-refractivity contribution in [2.75, 3.05) is 19.3 Å². The molecule has 0 aliphatic heterocycles. The summed E-state index contributed by atoms with van der Waals surface area (Å²) < 4.78 is 5.41. The Kier molecular flexibility index (Phi) is 6.08. The van der Waals surface area contributed by atoms with E-state index in [0.717, 1.165) is 35.9 Å². The molecule has 2 rings (SSSR count). The fourth-order valence-corrected chi connectivity index (χ4v) is 2.67. The van der Waals surface area contributed by atoms with E-state index in [9.17, 15) is 0 Å². The Morgan fingerprint density at radius 1 is 1.30 bits per heavy atom. The highest BCUT2D eigenvalue weighted by atomic mass is 32.2. The Morgan fingerprint density at radius 3 is 2.95 bits per heavy atom. The van der Waals surface area contributed by atoms with Gasteiger partial charge in [-0.1, -0.05) is 30.3 Å². The van der Waals surface area contributed by atoms with Gasteiger partial charge < -0.3 is 9.84 Å². The first kappa shape index (κ1) is 15.1. The maximum absolute atomic E-state index is 5.41. The van der Waals surface area contributed by atoms with E-state index in [0.29, 0.717) is 5.89 Å². The van der Waals surface area contributed by atoms with Crippen LogP contribution in [-0.4, -0.2) is 29.5 Å². The summed E-state index contributed by atoms with van der Waals surface area (Å²) in [5.74, 6) is 3.35. The zero-order chi connectivity index (χ0) is 14.2. The summed E-state index contributed by atoms with van der Waals surface area (Å²) in [6.45, 7) is 3.11. The van der Waals surface area contributed by atoms with E-state index in [4.69, 9.17) is 4.52 Å². The third-order valence-electron chi connectivity index (χ3n) is 2.94. The van der Waals surface area contributed by atoms with Gasteiger partial charge in [0.1, 0.15) is 0 Å². The van der Waals surface area contributed by atoms with Crippen LogP contribution >= 0.6 is 11.8 Å². The van der Waals surface area contributed by atoms with E-state index in [2.05, 4.69) is 28.4 Å². The van der Waals surface area contributed by atoms with Crippen LogP contribution < -0.4 is 5.32 Å². The lowest BCUT2D eigenvalue weighted by molar-refractivity contribution is 0.424. The average molecular weight is 291 g/mol. The summed E-state index contributed by atoms with van der Waals surface area (Å²) >= 11 is 1.84. The van der Waals surface area contributed by atoms with Crippen LogP contribution in [0.4, 0.5) is 0 Å². The number of aromatic nitrogens is 2. The molecule has 0 amide bonds. The van der Waals surface area contributed by atoms with Crippen LogP contribution in [0.1, 0.15) is 24.7 Å². The number of benzene rings is 1. The molecule has 2 aromatic rings. The number of hydrogen-bond acceptors (Lipinski definition) is 5. The molecule has 0 fully saturated rings. The maximum atomic E-state index is 5.41. The Labute approximate surface area is 124 Å². The average Bonchev–Trinajstić information content (AvgIpc) is 2.94. The fourth-order valence-electron chi connectivity index (χ4n) is 1.94. The van der Waals surface area contributed by atoms with Crippen molar-refractivity contribution in [2.45, 2.75) is 25.5 Å². The summed E-state index contributed by atoms with van der Waals surface area (Å²) in [5, 5.41) is 7.23. The Bertz CT molecular complexity index is 527. The molecule has 1 aromatic heterocycles. The highest BCUT2D eigenvalue weighted by Crippen LogP contribution is 2.23. The molecule has 0 spiro atoms. The molecule has 0 aliphatic carbocycles. The molecule has 0 saturated carbocycles. The van der Waals surface area contributed by atoms with Gasteiger partial charge in [0, 0.05) is 5.56 Å². The smallest absolute Gasteiger partial charge is 0.258 e. The zero-order valence-electron chi connectivity index (χ0n) is 12.1. The van der Waals surface area contributed by atoms with Gasteiger partial charge in [0.15, 0.2) is 5.82 Å². The molecule has 0 atom stereocenters. The van der Waals surface area contributed by atoms with Crippen molar-refractivity contribution in [1.29, 1.82) is 0 Å². The molecule has 0 bridgehead atoms. The molecule has 1 aromatic carbocycles. The van der Waals surface area contributed by atoms with Gasteiger partial charge >= 0.3 is 0 Å². The van der Waals surface area contributed by atoms with Gasteiger partial charge in [-0.2, -0.15) is 16.7 Å². The van der Waals surface area contributed by atoms with Crippen molar-refractivity contribution in [1.82, 2.24) is 15.5 Å². The SMILES string of the molecule is CCCSCc1noc(-c2ccccc2CCNC)n1. The summed E-state index contributed by atoms with van der Waals surface area (Å²) in [6, 6.07) is 8.21. The van der Waals surface area contributed by atoms with Gasteiger partial charge in [0.2, 0.25) is 0 Å². The lowest BCUT2D eigenvalue weighted by Gasteiger charge is -2.05. The number of hydrogen-bond donors (Lipinski definition) is 1. The zero-order valence-corrected chi connectivity index (χ0v) is 12.9. The number of likely N-dealkylation sites (N-methyl/N-ethyl adjacent to an activating group) is 1. The van der Waals surface area contributed by atoms with Crippen LogP contribution in [0.5, 0.6) is 0 Å². The van der Waals surface area contributed by atoms with E-state index in [-0.39, 0.29) is 0 Å². The van der Waals surface area contributed by atoms with Gasteiger partial charge in [-0.25, -0.2) is 0 Å².